The lowest BCUT2D eigenvalue weighted by molar-refractivity contribution is -0.126. The molecule has 150 valence electrons. The highest BCUT2D eigenvalue weighted by molar-refractivity contribution is 5.88. The Labute approximate surface area is 166 Å². The molecule has 1 aliphatic rings. The number of carbonyl (C=O) groups is 1. The zero-order valence-electron chi connectivity index (χ0n) is 16.6. The van der Waals surface area contributed by atoms with Crippen molar-refractivity contribution in [3.63, 3.8) is 0 Å². The van der Waals surface area contributed by atoms with Crippen LogP contribution in [0.5, 0.6) is 11.6 Å². The Hall–Kier alpha value is -2.60. The molecule has 1 fully saturated rings. The average molecular weight is 384 g/mol. The number of aromatic nitrogens is 1. The molecule has 0 spiro atoms. The molecule has 1 heterocycles. The molecule has 1 saturated carbocycles. The van der Waals surface area contributed by atoms with Crippen LogP contribution in [0.2, 0.25) is 0 Å². The number of pyridine rings is 1. The molecule has 28 heavy (non-hydrogen) atoms. The molecule has 2 aromatic rings. The monoisotopic (exact) mass is 384 g/mol. The second-order valence-corrected chi connectivity index (χ2v) is 7.01. The van der Waals surface area contributed by atoms with Crippen molar-refractivity contribution in [3.8, 4) is 11.6 Å². The fraction of sp³-hybridized carbons (Fsp3) is 0.455. The standard InChI is InChI=1S/C22H28N2O4/c1-26-13-14-28-20-17(7-6-12-23-20)16-24-21(25)22(10-3-4-11-22)18-8-5-9-19(15-18)27-2/h5-9,12,15H,3-4,10-11,13-14,16H2,1-2H3,(H,24,25). The molecule has 1 aromatic carbocycles. The smallest absolute Gasteiger partial charge is 0.230 e. The normalized spacial score (nSPS) is 15.2. The zero-order chi connectivity index (χ0) is 19.8. The van der Waals surface area contributed by atoms with Crippen molar-refractivity contribution in [2.75, 3.05) is 27.4 Å². The van der Waals surface area contributed by atoms with Crippen LogP contribution in [0.3, 0.4) is 0 Å². The molecule has 1 amide bonds. The first kappa shape index (κ1) is 20.1. The van der Waals surface area contributed by atoms with E-state index in [0.29, 0.717) is 25.6 Å². The predicted molar refractivity (Wildman–Crippen MR) is 107 cm³/mol. The minimum atomic E-state index is -0.506. The predicted octanol–water partition coefficient (Wildman–Crippen LogP) is 3.24. The lowest BCUT2D eigenvalue weighted by Crippen LogP contribution is -2.42. The van der Waals surface area contributed by atoms with Gasteiger partial charge in [0.1, 0.15) is 12.4 Å². The number of rotatable bonds is 9. The largest absolute Gasteiger partial charge is 0.497 e. The zero-order valence-corrected chi connectivity index (χ0v) is 16.6. The van der Waals surface area contributed by atoms with Crippen molar-refractivity contribution in [2.24, 2.45) is 0 Å². The maximum absolute atomic E-state index is 13.3. The molecule has 1 aliphatic carbocycles. The van der Waals surface area contributed by atoms with E-state index < -0.39 is 5.41 Å². The summed E-state index contributed by atoms with van der Waals surface area (Å²) in [7, 11) is 3.27. The molecule has 0 aliphatic heterocycles. The highest BCUT2D eigenvalue weighted by atomic mass is 16.5. The van der Waals surface area contributed by atoms with Crippen molar-refractivity contribution in [3.05, 3.63) is 53.7 Å². The van der Waals surface area contributed by atoms with Gasteiger partial charge in [-0.2, -0.15) is 0 Å². The topological polar surface area (TPSA) is 69.7 Å². The van der Waals surface area contributed by atoms with Gasteiger partial charge in [0.25, 0.3) is 0 Å². The summed E-state index contributed by atoms with van der Waals surface area (Å²) in [6.45, 7) is 1.28. The number of ether oxygens (including phenoxy) is 3. The number of nitrogens with one attached hydrogen (secondary N) is 1. The third-order valence-electron chi connectivity index (χ3n) is 5.33. The van der Waals surface area contributed by atoms with Crippen LogP contribution >= 0.6 is 0 Å². The molecule has 0 bridgehead atoms. The molecule has 0 radical (unpaired) electrons. The summed E-state index contributed by atoms with van der Waals surface area (Å²) in [5.41, 5.74) is 1.36. The highest BCUT2D eigenvalue weighted by Gasteiger charge is 2.42. The summed E-state index contributed by atoms with van der Waals surface area (Å²) < 4.78 is 16.1. The number of carbonyl (C=O) groups excluding carboxylic acids is 1. The van der Waals surface area contributed by atoms with Gasteiger partial charge in [-0.05, 0) is 36.6 Å². The number of hydrogen-bond acceptors (Lipinski definition) is 5. The lowest BCUT2D eigenvalue weighted by Gasteiger charge is -2.28. The summed E-state index contributed by atoms with van der Waals surface area (Å²) in [6, 6.07) is 11.6. The van der Waals surface area contributed by atoms with Crippen molar-refractivity contribution >= 4 is 5.91 Å². The van der Waals surface area contributed by atoms with Crippen LogP contribution in [0, 0.1) is 0 Å². The quantitative estimate of drug-likeness (QED) is 0.672. The van der Waals surface area contributed by atoms with E-state index in [1.807, 2.05) is 36.4 Å². The number of methoxy groups -OCH3 is 2. The average Bonchev–Trinajstić information content (AvgIpc) is 3.24. The van der Waals surface area contributed by atoms with E-state index in [0.717, 1.165) is 42.6 Å². The summed E-state index contributed by atoms with van der Waals surface area (Å²) in [5.74, 6) is 1.35. The van der Waals surface area contributed by atoms with Gasteiger partial charge in [-0.15, -0.1) is 0 Å². The Morgan fingerprint density at radius 3 is 2.71 bits per heavy atom. The lowest BCUT2D eigenvalue weighted by atomic mass is 9.78. The fourth-order valence-corrected chi connectivity index (χ4v) is 3.80. The van der Waals surface area contributed by atoms with Crippen LogP contribution in [0.1, 0.15) is 36.8 Å². The maximum atomic E-state index is 13.3. The first-order valence-electron chi connectivity index (χ1n) is 9.68. The second-order valence-electron chi connectivity index (χ2n) is 7.01. The molecule has 0 saturated heterocycles. The van der Waals surface area contributed by atoms with Crippen molar-refractivity contribution in [1.82, 2.24) is 10.3 Å². The molecule has 0 unspecified atom stereocenters. The third-order valence-corrected chi connectivity index (χ3v) is 5.33. The summed E-state index contributed by atoms with van der Waals surface area (Å²) in [5, 5.41) is 3.12. The van der Waals surface area contributed by atoms with Crippen molar-refractivity contribution < 1.29 is 19.0 Å². The van der Waals surface area contributed by atoms with Crippen LogP contribution in [-0.4, -0.2) is 38.3 Å². The van der Waals surface area contributed by atoms with Gasteiger partial charge in [-0.25, -0.2) is 4.98 Å². The molecule has 0 atom stereocenters. The van der Waals surface area contributed by atoms with E-state index in [1.165, 1.54) is 0 Å². The van der Waals surface area contributed by atoms with Gasteiger partial charge in [0.15, 0.2) is 0 Å². The SMILES string of the molecule is COCCOc1ncccc1CNC(=O)C1(c2cccc(OC)c2)CCCC1. The fourth-order valence-electron chi connectivity index (χ4n) is 3.80. The summed E-state index contributed by atoms with van der Waals surface area (Å²) in [6.07, 6.45) is 5.46. The van der Waals surface area contributed by atoms with E-state index in [9.17, 15) is 4.79 Å². The first-order chi connectivity index (χ1) is 13.7. The summed E-state index contributed by atoms with van der Waals surface area (Å²) >= 11 is 0. The molecule has 1 aromatic heterocycles. The van der Waals surface area contributed by atoms with Crippen LogP contribution in [0.25, 0.3) is 0 Å². The van der Waals surface area contributed by atoms with E-state index >= 15 is 0 Å². The number of benzene rings is 1. The van der Waals surface area contributed by atoms with Gasteiger partial charge in [-0.3, -0.25) is 4.79 Å². The number of amides is 1. The van der Waals surface area contributed by atoms with Gasteiger partial charge < -0.3 is 19.5 Å². The minimum Gasteiger partial charge on any atom is -0.497 e. The Morgan fingerprint density at radius 1 is 1.14 bits per heavy atom. The molecule has 6 nitrogen and oxygen atoms in total. The van der Waals surface area contributed by atoms with Gasteiger partial charge in [0.05, 0.1) is 19.1 Å². The third kappa shape index (κ3) is 4.44. The van der Waals surface area contributed by atoms with Crippen LogP contribution < -0.4 is 14.8 Å². The van der Waals surface area contributed by atoms with E-state index in [-0.39, 0.29) is 5.91 Å². The Kier molecular flexibility index (Phi) is 6.87. The molecule has 6 heteroatoms. The first-order valence-corrected chi connectivity index (χ1v) is 9.68. The minimum absolute atomic E-state index is 0.0462. The Bertz CT molecular complexity index is 788. The molecule has 3 rings (SSSR count). The highest BCUT2D eigenvalue weighted by Crippen LogP contribution is 2.42. The Balaban J connectivity index is 1.74. The van der Waals surface area contributed by atoms with Crippen LogP contribution in [0.4, 0.5) is 0 Å². The van der Waals surface area contributed by atoms with Crippen LogP contribution in [0.15, 0.2) is 42.6 Å². The van der Waals surface area contributed by atoms with Gasteiger partial charge >= 0.3 is 0 Å². The molecular weight excluding hydrogens is 356 g/mol. The van der Waals surface area contributed by atoms with Gasteiger partial charge in [0, 0.05) is 25.4 Å². The second kappa shape index (κ2) is 9.55. The number of hydrogen-bond donors (Lipinski definition) is 1. The van der Waals surface area contributed by atoms with Gasteiger partial charge in [0.2, 0.25) is 11.8 Å². The Morgan fingerprint density at radius 2 is 1.96 bits per heavy atom. The van der Waals surface area contributed by atoms with Crippen molar-refractivity contribution in [2.45, 2.75) is 37.6 Å². The van der Waals surface area contributed by atoms with E-state index in [2.05, 4.69) is 10.3 Å². The molecule has 1 N–H and O–H groups in total. The van der Waals surface area contributed by atoms with E-state index in [1.54, 1.807) is 20.4 Å². The van der Waals surface area contributed by atoms with E-state index in [4.69, 9.17) is 14.2 Å². The van der Waals surface area contributed by atoms with Crippen LogP contribution in [-0.2, 0) is 21.5 Å². The molecular formula is C22H28N2O4. The number of nitrogens with zero attached hydrogens (tertiary/aromatic N) is 1. The van der Waals surface area contributed by atoms with Crippen molar-refractivity contribution in [1.29, 1.82) is 0 Å². The maximum Gasteiger partial charge on any atom is 0.230 e. The summed E-state index contributed by atoms with van der Waals surface area (Å²) in [4.78, 5) is 17.6. The van der Waals surface area contributed by atoms with Gasteiger partial charge in [-0.1, -0.05) is 31.0 Å².